The van der Waals surface area contributed by atoms with Crippen LogP contribution in [0, 0.1) is 0 Å². The van der Waals surface area contributed by atoms with E-state index in [-0.39, 0.29) is 13.2 Å². The van der Waals surface area contributed by atoms with Crippen LogP contribution in [-0.2, 0) is 4.74 Å². The second-order valence-electron chi connectivity index (χ2n) is 2.24. The van der Waals surface area contributed by atoms with Gasteiger partial charge < -0.3 is 15.8 Å². The van der Waals surface area contributed by atoms with Gasteiger partial charge in [0.2, 0.25) is 0 Å². The van der Waals surface area contributed by atoms with Gasteiger partial charge in [-0.1, -0.05) is 0 Å². The van der Waals surface area contributed by atoms with Crippen LogP contribution in [0.1, 0.15) is 6.92 Å². The van der Waals surface area contributed by atoms with Crippen molar-refractivity contribution in [3.05, 3.63) is 0 Å². The third-order valence-electron chi connectivity index (χ3n) is 1.19. The van der Waals surface area contributed by atoms with Crippen molar-refractivity contribution in [1.29, 1.82) is 0 Å². The van der Waals surface area contributed by atoms with E-state index in [4.69, 9.17) is 0 Å². The second-order valence-corrected chi connectivity index (χ2v) is 2.24. The number of nitrogens with one attached hydrogen (secondary N) is 1. The number of ether oxygens (including phenoxy) is 1. The molecule has 0 aromatic heterocycles. The fourth-order valence-electron chi connectivity index (χ4n) is 0.527. The number of alkyl halides is 2. The van der Waals surface area contributed by atoms with E-state index in [0.29, 0.717) is 0 Å². The van der Waals surface area contributed by atoms with Crippen molar-refractivity contribution in [3.8, 4) is 0 Å². The smallest absolute Gasteiger partial charge is 0.404 e. The topological polar surface area (TPSA) is 64.3 Å². The van der Waals surface area contributed by atoms with Crippen LogP contribution in [0.15, 0.2) is 0 Å². The highest BCUT2D eigenvalue weighted by Gasteiger charge is 2.12. The molecule has 1 unspecified atom stereocenters. The number of halogens is 2. The largest absolute Gasteiger partial charge is 0.448 e. The summed E-state index contributed by atoms with van der Waals surface area (Å²) in [5, 5.41) is 2.45. The van der Waals surface area contributed by atoms with Gasteiger partial charge >= 0.3 is 6.09 Å². The molecule has 0 radical (unpaired) electrons. The SMILES string of the molecule is CC(NCCOC(N)=O)C(F)F. The highest BCUT2D eigenvalue weighted by molar-refractivity contribution is 5.64. The van der Waals surface area contributed by atoms with E-state index in [0.717, 1.165) is 0 Å². The van der Waals surface area contributed by atoms with Gasteiger partial charge in [0.15, 0.2) is 0 Å². The number of nitrogens with two attached hydrogens (primary N) is 1. The molecule has 0 aliphatic rings. The van der Waals surface area contributed by atoms with Crippen molar-refractivity contribution >= 4 is 6.09 Å². The quantitative estimate of drug-likeness (QED) is 0.602. The van der Waals surface area contributed by atoms with Crippen LogP contribution in [0.25, 0.3) is 0 Å². The number of carbonyl (C=O) groups is 1. The van der Waals surface area contributed by atoms with Gasteiger partial charge in [-0.15, -0.1) is 0 Å². The summed E-state index contributed by atoms with van der Waals surface area (Å²) in [6, 6.07) is -0.901. The van der Waals surface area contributed by atoms with Gasteiger partial charge in [0, 0.05) is 6.54 Å². The molecule has 12 heavy (non-hydrogen) atoms. The van der Waals surface area contributed by atoms with Crippen molar-refractivity contribution in [2.75, 3.05) is 13.2 Å². The summed E-state index contributed by atoms with van der Waals surface area (Å²) in [6.45, 7) is 1.52. The van der Waals surface area contributed by atoms with Gasteiger partial charge in [-0.3, -0.25) is 0 Å². The first kappa shape index (κ1) is 11.1. The summed E-state index contributed by atoms with van der Waals surface area (Å²) < 4.78 is 27.9. The lowest BCUT2D eigenvalue weighted by Crippen LogP contribution is -2.35. The number of amides is 1. The Hall–Kier alpha value is -0.910. The molecule has 1 amide bonds. The molecule has 1 atom stereocenters. The minimum absolute atomic E-state index is 0.00634. The fourth-order valence-corrected chi connectivity index (χ4v) is 0.527. The van der Waals surface area contributed by atoms with Crippen molar-refractivity contribution < 1.29 is 18.3 Å². The molecule has 0 spiro atoms. The van der Waals surface area contributed by atoms with Gasteiger partial charge in [-0.05, 0) is 6.92 Å². The molecule has 0 saturated heterocycles. The predicted octanol–water partition coefficient (Wildman–Crippen LogP) is 0.325. The van der Waals surface area contributed by atoms with Gasteiger partial charge in [0.25, 0.3) is 6.43 Å². The lowest BCUT2D eigenvalue weighted by molar-refractivity contribution is 0.101. The number of primary amides is 1. The van der Waals surface area contributed by atoms with Gasteiger partial charge in [-0.2, -0.15) is 0 Å². The van der Waals surface area contributed by atoms with E-state index in [2.05, 4.69) is 15.8 Å². The minimum Gasteiger partial charge on any atom is -0.448 e. The monoisotopic (exact) mass is 182 g/mol. The lowest BCUT2D eigenvalue weighted by atomic mass is 10.3. The molecule has 6 heteroatoms. The molecule has 0 aromatic carbocycles. The van der Waals surface area contributed by atoms with E-state index >= 15 is 0 Å². The number of rotatable bonds is 5. The van der Waals surface area contributed by atoms with Crippen LogP contribution < -0.4 is 11.1 Å². The molecule has 0 aliphatic carbocycles. The Bertz CT molecular complexity index is 144. The number of hydrogen-bond donors (Lipinski definition) is 2. The van der Waals surface area contributed by atoms with Crippen LogP contribution in [0.5, 0.6) is 0 Å². The molecule has 0 rings (SSSR count). The second kappa shape index (κ2) is 5.70. The fraction of sp³-hybridized carbons (Fsp3) is 0.833. The molecular formula is C6H12F2N2O2. The highest BCUT2D eigenvalue weighted by atomic mass is 19.3. The molecule has 0 fully saturated rings. The van der Waals surface area contributed by atoms with Gasteiger partial charge in [0.05, 0.1) is 6.04 Å². The highest BCUT2D eigenvalue weighted by Crippen LogP contribution is 1.97. The zero-order valence-electron chi connectivity index (χ0n) is 6.72. The summed E-state index contributed by atoms with van der Waals surface area (Å²) in [6.07, 6.45) is -3.32. The van der Waals surface area contributed by atoms with E-state index < -0.39 is 18.6 Å². The molecule has 0 heterocycles. The minimum atomic E-state index is -2.42. The molecule has 3 N–H and O–H groups in total. The lowest BCUT2D eigenvalue weighted by Gasteiger charge is -2.11. The Balaban J connectivity index is 3.25. The first-order chi connectivity index (χ1) is 5.54. The van der Waals surface area contributed by atoms with Crippen LogP contribution in [-0.4, -0.2) is 31.7 Å². The first-order valence-corrected chi connectivity index (χ1v) is 3.47. The summed E-state index contributed by atoms with van der Waals surface area (Å²) in [4.78, 5) is 10.0. The normalized spacial score (nSPS) is 13.0. The van der Waals surface area contributed by atoms with Crippen LogP contribution in [0.2, 0.25) is 0 Å². The van der Waals surface area contributed by atoms with Crippen molar-refractivity contribution in [3.63, 3.8) is 0 Å². The van der Waals surface area contributed by atoms with Crippen molar-refractivity contribution in [2.24, 2.45) is 5.73 Å². The van der Waals surface area contributed by atoms with Crippen LogP contribution in [0.3, 0.4) is 0 Å². The molecule has 0 bridgehead atoms. The van der Waals surface area contributed by atoms with Gasteiger partial charge in [0.1, 0.15) is 6.61 Å². The molecule has 0 saturated carbocycles. The maximum Gasteiger partial charge on any atom is 0.404 e. The average molecular weight is 182 g/mol. The average Bonchev–Trinajstić information content (AvgIpc) is 1.97. The molecule has 0 aliphatic heterocycles. The van der Waals surface area contributed by atoms with E-state index in [1.807, 2.05) is 0 Å². The third-order valence-corrected chi connectivity index (χ3v) is 1.19. The Labute approximate surface area is 69.1 Å². The zero-order valence-corrected chi connectivity index (χ0v) is 6.72. The summed E-state index contributed by atoms with van der Waals surface area (Å²) in [7, 11) is 0. The van der Waals surface area contributed by atoms with Gasteiger partial charge in [-0.25, -0.2) is 13.6 Å². The van der Waals surface area contributed by atoms with Crippen molar-refractivity contribution in [2.45, 2.75) is 19.4 Å². The molecule has 0 aromatic rings. The first-order valence-electron chi connectivity index (χ1n) is 3.47. The maximum atomic E-state index is 11.8. The van der Waals surface area contributed by atoms with E-state index in [9.17, 15) is 13.6 Å². The predicted molar refractivity (Wildman–Crippen MR) is 39.0 cm³/mol. The van der Waals surface area contributed by atoms with E-state index in [1.165, 1.54) is 6.92 Å². The summed E-state index contributed by atoms with van der Waals surface area (Å²) >= 11 is 0. The third kappa shape index (κ3) is 5.84. The Kier molecular flexibility index (Phi) is 5.27. The van der Waals surface area contributed by atoms with Crippen LogP contribution >= 0.6 is 0 Å². The number of hydrogen-bond acceptors (Lipinski definition) is 3. The zero-order chi connectivity index (χ0) is 9.56. The Morgan fingerprint density at radius 2 is 2.25 bits per heavy atom. The van der Waals surface area contributed by atoms with Crippen molar-refractivity contribution in [1.82, 2.24) is 5.32 Å². The molecule has 4 nitrogen and oxygen atoms in total. The summed E-state index contributed by atoms with van der Waals surface area (Å²) in [5.41, 5.74) is 4.63. The molecule has 72 valence electrons. The standard InChI is InChI=1S/C6H12F2N2O2/c1-4(5(7)8)10-2-3-12-6(9)11/h4-5,10H,2-3H2,1H3,(H2,9,11). The van der Waals surface area contributed by atoms with Crippen LogP contribution in [0.4, 0.5) is 13.6 Å². The summed E-state index contributed by atoms with van der Waals surface area (Å²) in [5.74, 6) is 0. The molecular weight excluding hydrogens is 170 g/mol. The number of carbonyl (C=O) groups excluding carboxylic acids is 1. The maximum absolute atomic E-state index is 11.8. The van der Waals surface area contributed by atoms with E-state index in [1.54, 1.807) is 0 Å². The Morgan fingerprint density at radius 1 is 1.67 bits per heavy atom. The Morgan fingerprint density at radius 3 is 2.67 bits per heavy atom.